The van der Waals surface area contributed by atoms with Gasteiger partial charge < -0.3 is 21.2 Å². The molecule has 1 aliphatic heterocycles. The lowest BCUT2D eigenvalue weighted by Crippen LogP contribution is -2.44. The lowest BCUT2D eigenvalue weighted by molar-refractivity contribution is 0.412. The predicted octanol–water partition coefficient (Wildman–Crippen LogP) is 0.566. The van der Waals surface area contributed by atoms with E-state index in [1.54, 1.807) is 0 Å². The van der Waals surface area contributed by atoms with Crippen molar-refractivity contribution in [3.63, 3.8) is 0 Å². The second-order valence-corrected chi connectivity index (χ2v) is 7.03. The zero-order valence-corrected chi connectivity index (χ0v) is 15.8. The summed E-state index contributed by atoms with van der Waals surface area (Å²) in [7, 11) is 1.42. The van der Waals surface area contributed by atoms with Crippen molar-refractivity contribution in [3.05, 3.63) is 32.7 Å². The minimum Gasteiger partial charge on any atom is -0.492 e. The normalized spacial score (nSPS) is 19.4. The number of anilines is 1. The van der Waals surface area contributed by atoms with Crippen LogP contribution in [0.4, 0.5) is 10.1 Å². The molecule has 148 valence electrons. The van der Waals surface area contributed by atoms with Crippen molar-refractivity contribution in [1.82, 2.24) is 9.24 Å². The van der Waals surface area contributed by atoms with E-state index < -0.39 is 17.1 Å². The van der Waals surface area contributed by atoms with Crippen LogP contribution in [0, 0.1) is 11.7 Å². The highest BCUT2D eigenvalue weighted by Crippen LogP contribution is 2.43. The van der Waals surface area contributed by atoms with Gasteiger partial charge in [-0.05, 0) is 37.8 Å². The topological polar surface area (TPSA) is 109 Å². The minimum atomic E-state index is -0.730. The van der Waals surface area contributed by atoms with Gasteiger partial charge in [-0.15, -0.1) is 12.4 Å². The minimum absolute atomic E-state index is 0. The summed E-state index contributed by atoms with van der Waals surface area (Å²) in [6, 6.07) is 1.11. The zero-order valence-electron chi connectivity index (χ0n) is 15.0. The molecule has 1 unspecified atom stereocenters. The van der Waals surface area contributed by atoms with Crippen LogP contribution in [0.3, 0.4) is 0 Å². The van der Waals surface area contributed by atoms with Crippen molar-refractivity contribution in [2.45, 2.75) is 25.3 Å². The number of nitrogens with zero attached hydrogens (tertiary/aromatic N) is 3. The monoisotopic (exact) mass is 399 g/mol. The van der Waals surface area contributed by atoms with Crippen LogP contribution in [0.1, 0.15) is 25.3 Å². The maximum Gasteiger partial charge on any atom is 0.350 e. The van der Waals surface area contributed by atoms with Crippen molar-refractivity contribution < 1.29 is 9.13 Å². The van der Waals surface area contributed by atoms with Gasteiger partial charge in [-0.25, -0.2) is 9.18 Å². The molecule has 0 bridgehead atoms. The number of benzene rings is 1. The Kier molecular flexibility index (Phi) is 5.09. The second kappa shape index (κ2) is 7.05. The first kappa shape index (κ1) is 19.5. The number of aromatic nitrogens is 2. The van der Waals surface area contributed by atoms with Crippen molar-refractivity contribution in [1.29, 1.82) is 0 Å². The van der Waals surface area contributed by atoms with Gasteiger partial charge in [0.1, 0.15) is 11.2 Å². The molecule has 2 fully saturated rings. The fraction of sp³-hybridized carbons (Fsp3) is 0.529. The van der Waals surface area contributed by atoms with Crippen molar-refractivity contribution in [2.24, 2.45) is 11.7 Å². The molecular weight excluding hydrogens is 377 g/mol. The molecule has 1 aromatic carbocycles. The molecular formula is C17H23ClFN5O3. The molecule has 2 heterocycles. The van der Waals surface area contributed by atoms with Gasteiger partial charge in [-0.3, -0.25) is 9.36 Å². The summed E-state index contributed by atoms with van der Waals surface area (Å²) in [5.74, 6) is 5.55. The molecule has 10 heteroatoms. The standard InChI is InChI=1S/C17H22FN5O3.ClH/c1-26-15-13-11(16(24)23(20)17(25)22(13)10-2-3-10)6-12(18)14(15)21-5-4-9(7-19)8-21;/h6,9-10H,2-5,7-8,19-20H2,1H3;1H. The van der Waals surface area contributed by atoms with Crippen LogP contribution in [-0.2, 0) is 0 Å². The summed E-state index contributed by atoms with van der Waals surface area (Å²) < 4.78 is 22.5. The van der Waals surface area contributed by atoms with Crippen molar-refractivity contribution in [3.8, 4) is 5.75 Å². The van der Waals surface area contributed by atoms with Crippen LogP contribution in [0.2, 0.25) is 0 Å². The highest BCUT2D eigenvalue weighted by Gasteiger charge is 2.33. The first-order valence-electron chi connectivity index (χ1n) is 8.75. The van der Waals surface area contributed by atoms with Gasteiger partial charge in [-0.2, -0.15) is 4.68 Å². The largest absolute Gasteiger partial charge is 0.492 e. The maximum absolute atomic E-state index is 15.0. The Labute approximate surface area is 160 Å². The molecule has 0 spiro atoms. The quantitative estimate of drug-likeness (QED) is 0.727. The Morgan fingerprint density at radius 3 is 2.56 bits per heavy atom. The van der Waals surface area contributed by atoms with Gasteiger partial charge in [0.15, 0.2) is 11.6 Å². The van der Waals surface area contributed by atoms with E-state index in [1.165, 1.54) is 11.7 Å². The van der Waals surface area contributed by atoms with E-state index in [4.69, 9.17) is 16.3 Å². The zero-order chi connectivity index (χ0) is 18.6. The van der Waals surface area contributed by atoms with E-state index in [0.717, 1.165) is 25.3 Å². The number of hydrogen-bond acceptors (Lipinski definition) is 6. The SMILES string of the molecule is COc1c(N2CCC(CN)C2)c(F)cc2c(=O)n(N)c(=O)n(C3CC3)c12.Cl. The highest BCUT2D eigenvalue weighted by atomic mass is 35.5. The summed E-state index contributed by atoms with van der Waals surface area (Å²) in [5, 5.41) is 0.0478. The summed E-state index contributed by atoms with van der Waals surface area (Å²) in [6.45, 7) is 1.78. The molecule has 1 saturated carbocycles. The van der Waals surface area contributed by atoms with Crippen molar-refractivity contribution in [2.75, 3.05) is 37.5 Å². The van der Waals surface area contributed by atoms with E-state index in [-0.39, 0.29) is 41.2 Å². The number of nitrogen functional groups attached to an aromatic ring is 1. The van der Waals surface area contributed by atoms with Crippen molar-refractivity contribution >= 4 is 29.0 Å². The van der Waals surface area contributed by atoms with E-state index in [2.05, 4.69) is 0 Å². The third-order valence-electron chi connectivity index (χ3n) is 5.34. The fourth-order valence-corrected chi connectivity index (χ4v) is 3.82. The molecule has 8 nitrogen and oxygen atoms in total. The Bertz CT molecular complexity index is 1000. The molecule has 1 aliphatic carbocycles. The van der Waals surface area contributed by atoms with E-state index >= 15 is 0 Å². The van der Waals surface area contributed by atoms with Crippen LogP contribution in [-0.4, -0.2) is 36.0 Å². The Morgan fingerprint density at radius 1 is 1.30 bits per heavy atom. The smallest absolute Gasteiger partial charge is 0.350 e. The summed E-state index contributed by atoms with van der Waals surface area (Å²) in [6.07, 6.45) is 2.47. The van der Waals surface area contributed by atoms with Gasteiger partial charge in [-0.1, -0.05) is 0 Å². The van der Waals surface area contributed by atoms with Crippen LogP contribution < -0.4 is 32.5 Å². The number of methoxy groups -OCH3 is 1. The van der Waals surface area contributed by atoms with Crippen LogP contribution >= 0.6 is 12.4 Å². The number of fused-ring (bicyclic) bond motifs is 1. The van der Waals surface area contributed by atoms with Crippen LogP contribution in [0.25, 0.3) is 10.9 Å². The Morgan fingerprint density at radius 2 is 2.00 bits per heavy atom. The van der Waals surface area contributed by atoms with Gasteiger partial charge >= 0.3 is 5.69 Å². The maximum atomic E-state index is 15.0. The number of nitrogens with two attached hydrogens (primary N) is 2. The first-order valence-corrected chi connectivity index (χ1v) is 8.75. The molecule has 4 rings (SSSR count). The number of halogens is 2. The molecule has 0 radical (unpaired) electrons. The van der Waals surface area contributed by atoms with Gasteiger partial charge in [0.05, 0.1) is 12.5 Å². The lowest BCUT2D eigenvalue weighted by atomic mass is 10.1. The average molecular weight is 400 g/mol. The van der Waals surface area contributed by atoms with Gasteiger partial charge in [0.25, 0.3) is 5.56 Å². The van der Waals surface area contributed by atoms with Gasteiger partial charge in [0, 0.05) is 19.1 Å². The molecule has 0 amide bonds. The molecule has 2 aliphatic rings. The van der Waals surface area contributed by atoms with Crippen LogP contribution in [0.5, 0.6) is 5.75 Å². The third kappa shape index (κ3) is 2.94. The highest BCUT2D eigenvalue weighted by molar-refractivity contribution is 5.91. The second-order valence-electron chi connectivity index (χ2n) is 7.03. The summed E-state index contributed by atoms with van der Waals surface area (Å²) >= 11 is 0. The van der Waals surface area contributed by atoms with E-state index in [1.807, 2.05) is 4.90 Å². The fourth-order valence-electron chi connectivity index (χ4n) is 3.82. The number of ether oxygens (including phenoxy) is 1. The Hall–Kier alpha value is -2.26. The lowest BCUT2D eigenvalue weighted by Gasteiger charge is -2.24. The summed E-state index contributed by atoms with van der Waals surface area (Å²) in [4.78, 5) is 26.9. The molecule has 1 aromatic heterocycles. The first-order chi connectivity index (χ1) is 12.5. The molecule has 1 saturated heterocycles. The summed E-state index contributed by atoms with van der Waals surface area (Å²) in [5.41, 5.74) is 5.00. The molecule has 27 heavy (non-hydrogen) atoms. The van der Waals surface area contributed by atoms with Gasteiger partial charge in [0.2, 0.25) is 0 Å². The number of rotatable bonds is 4. The number of hydrogen-bond donors (Lipinski definition) is 2. The third-order valence-corrected chi connectivity index (χ3v) is 5.34. The average Bonchev–Trinajstić information content (AvgIpc) is 3.36. The van der Waals surface area contributed by atoms with E-state index in [9.17, 15) is 14.0 Å². The van der Waals surface area contributed by atoms with Crippen LogP contribution in [0.15, 0.2) is 15.7 Å². The molecule has 4 N–H and O–H groups in total. The van der Waals surface area contributed by atoms with E-state index in [0.29, 0.717) is 29.8 Å². The Balaban J connectivity index is 0.00000210. The molecule has 2 aromatic rings. The predicted molar refractivity (Wildman–Crippen MR) is 104 cm³/mol. The molecule has 1 atom stereocenters.